The zero-order valence-electron chi connectivity index (χ0n) is 10.9. The average molecular weight is 248 g/mol. The number of primary amides is 1. The number of rotatable bonds is 6. The lowest BCUT2D eigenvalue weighted by Crippen LogP contribution is -2.20. The van der Waals surface area contributed by atoms with E-state index in [2.05, 4.69) is 19.2 Å². The number of hydrogen-bond donors (Lipinski definition) is 2. The van der Waals surface area contributed by atoms with Gasteiger partial charge in [0.25, 0.3) is 5.91 Å². The van der Waals surface area contributed by atoms with Gasteiger partial charge in [-0.1, -0.05) is 26.0 Å². The molecular weight excluding hydrogens is 228 g/mol. The number of carbonyl (C=O) groups excluding carboxylic acids is 1. The van der Waals surface area contributed by atoms with Crippen molar-refractivity contribution in [1.29, 1.82) is 0 Å². The van der Waals surface area contributed by atoms with Crippen LogP contribution in [0.25, 0.3) is 0 Å². The van der Waals surface area contributed by atoms with Crippen LogP contribution in [0.2, 0.25) is 0 Å². The SMILES string of the molecule is CC1(C)CC1NCc1ccc(OCC(N)=O)cc1. The van der Waals surface area contributed by atoms with Crippen molar-refractivity contribution in [3.05, 3.63) is 29.8 Å². The highest BCUT2D eigenvalue weighted by atomic mass is 16.5. The summed E-state index contributed by atoms with van der Waals surface area (Å²) >= 11 is 0. The molecule has 0 radical (unpaired) electrons. The molecule has 1 saturated carbocycles. The van der Waals surface area contributed by atoms with Crippen LogP contribution in [-0.2, 0) is 11.3 Å². The maximum atomic E-state index is 10.6. The Morgan fingerprint density at radius 2 is 2.06 bits per heavy atom. The van der Waals surface area contributed by atoms with Gasteiger partial charge in [-0.05, 0) is 29.5 Å². The molecule has 0 aliphatic heterocycles. The lowest BCUT2D eigenvalue weighted by atomic mass is 10.2. The molecule has 0 aromatic heterocycles. The summed E-state index contributed by atoms with van der Waals surface area (Å²) in [7, 11) is 0. The van der Waals surface area contributed by atoms with Gasteiger partial charge in [0.2, 0.25) is 0 Å². The van der Waals surface area contributed by atoms with E-state index in [-0.39, 0.29) is 6.61 Å². The molecule has 1 aliphatic rings. The standard InChI is InChI=1S/C14H20N2O2/c1-14(2)7-12(14)16-8-10-3-5-11(6-4-10)18-9-13(15)17/h3-6,12,16H,7-9H2,1-2H3,(H2,15,17). The summed E-state index contributed by atoms with van der Waals surface area (Å²) in [6.07, 6.45) is 1.24. The summed E-state index contributed by atoms with van der Waals surface area (Å²) < 4.78 is 5.20. The molecule has 1 unspecified atom stereocenters. The molecule has 1 aromatic rings. The van der Waals surface area contributed by atoms with Gasteiger partial charge >= 0.3 is 0 Å². The molecule has 0 bridgehead atoms. The summed E-state index contributed by atoms with van der Waals surface area (Å²) in [6.45, 7) is 5.33. The summed E-state index contributed by atoms with van der Waals surface area (Å²) in [5.41, 5.74) is 6.67. The van der Waals surface area contributed by atoms with Gasteiger partial charge in [0.1, 0.15) is 5.75 Å². The van der Waals surface area contributed by atoms with E-state index in [1.165, 1.54) is 12.0 Å². The Bertz CT molecular complexity index is 426. The number of nitrogens with one attached hydrogen (secondary N) is 1. The highest BCUT2D eigenvalue weighted by Crippen LogP contribution is 2.44. The fraction of sp³-hybridized carbons (Fsp3) is 0.500. The minimum Gasteiger partial charge on any atom is -0.484 e. The average Bonchev–Trinajstić information content (AvgIpc) is 2.93. The summed E-state index contributed by atoms with van der Waals surface area (Å²) in [6, 6.07) is 8.34. The van der Waals surface area contributed by atoms with Gasteiger partial charge < -0.3 is 15.8 Å². The Morgan fingerprint density at radius 3 is 2.56 bits per heavy atom. The predicted molar refractivity (Wildman–Crippen MR) is 70.2 cm³/mol. The quantitative estimate of drug-likeness (QED) is 0.800. The van der Waals surface area contributed by atoms with Crippen LogP contribution in [0.5, 0.6) is 5.75 Å². The van der Waals surface area contributed by atoms with Gasteiger partial charge in [0.05, 0.1) is 0 Å². The first-order valence-electron chi connectivity index (χ1n) is 6.21. The Labute approximate surface area is 108 Å². The van der Waals surface area contributed by atoms with Crippen LogP contribution >= 0.6 is 0 Å². The van der Waals surface area contributed by atoms with Crippen molar-refractivity contribution < 1.29 is 9.53 Å². The van der Waals surface area contributed by atoms with Crippen molar-refractivity contribution in [3.63, 3.8) is 0 Å². The second-order valence-electron chi connectivity index (χ2n) is 5.53. The van der Waals surface area contributed by atoms with Gasteiger partial charge in [0.15, 0.2) is 6.61 Å². The third kappa shape index (κ3) is 3.47. The largest absolute Gasteiger partial charge is 0.484 e. The van der Waals surface area contributed by atoms with E-state index < -0.39 is 5.91 Å². The van der Waals surface area contributed by atoms with Gasteiger partial charge in [0, 0.05) is 12.6 Å². The molecule has 1 atom stereocenters. The molecule has 1 aliphatic carbocycles. The number of hydrogen-bond acceptors (Lipinski definition) is 3. The molecule has 1 aromatic carbocycles. The first kappa shape index (κ1) is 12.9. The van der Waals surface area contributed by atoms with E-state index in [1.807, 2.05) is 24.3 Å². The molecule has 4 nitrogen and oxygen atoms in total. The number of ether oxygens (including phenoxy) is 1. The van der Waals surface area contributed by atoms with Crippen LogP contribution in [0.15, 0.2) is 24.3 Å². The molecule has 4 heteroatoms. The number of carbonyl (C=O) groups is 1. The molecule has 0 heterocycles. The highest BCUT2D eigenvalue weighted by molar-refractivity contribution is 5.75. The third-order valence-corrected chi connectivity index (χ3v) is 3.37. The molecule has 2 rings (SSSR count). The second kappa shape index (κ2) is 4.98. The Hall–Kier alpha value is -1.55. The van der Waals surface area contributed by atoms with E-state index in [0.29, 0.717) is 17.2 Å². The van der Waals surface area contributed by atoms with Gasteiger partial charge in [-0.15, -0.1) is 0 Å². The van der Waals surface area contributed by atoms with Crippen molar-refractivity contribution >= 4 is 5.91 Å². The van der Waals surface area contributed by atoms with Crippen molar-refractivity contribution in [2.45, 2.75) is 32.9 Å². The minimum absolute atomic E-state index is 0.0755. The molecule has 0 saturated heterocycles. The number of nitrogens with two attached hydrogens (primary N) is 1. The van der Waals surface area contributed by atoms with Crippen LogP contribution in [-0.4, -0.2) is 18.6 Å². The van der Waals surface area contributed by atoms with Gasteiger partial charge in [-0.25, -0.2) is 0 Å². The second-order valence-corrected chi connectivity index (χ2v) is 5.53. The topological polar surface area (TPSA) is 64.3 Å². The Morgan fingerprint density at radius 1 is 1.44 bits per heavy atom. The molecule has 3 N–H and O–H groups in total. The predicted octanol–water partition coefficient (Wildman–Crippen LogP) is 1.44. The Kier molecular flexibility index (Phi) is 3.57. The molecule has 1 amide bonds. The summed E-state index contributed by atoms with van der Waals surface area (Å²) in [5, 5.41) is 3.52. The van der Waals surface area contributed by atoms with Crippen molar-refractivity contribution in [3.8, 4) is 5.75 Å². The molecule has 98 valence electrons. The smallest absolute Gasteiger partial charge is 0.255 e. The number of benzene rings is 1. The van der Waals surface area contributed by atoms with E-state index in [0.717, 1.165) is 6.54 Å². The van der Waals surface area contributed by atoms with Crippen LogP contribution in [0.3, 0.4) is 0 Å². The van der Waals surface area contributed by atoms with Crippen molar-refractivity contribution in [2.24, 2.45) is 11.1 Å². The fourth-order valence-electron chi connectivity index (χ4n) is 1.91. The minimum atomic E-state index is -0.461. The van der Waals surface area contributed by atoms with Crippen LogP contribution < -0.4 is 15.8 Å². The maximum Gasteiger partial charge on any atom is 0.255 e. The van der Waals surface area contributed by atoms with E-state index >= 15 is 0 Å². The molecule has 0 spiro atoms. The molecular formula is C14H20N2O2. The zero-order valence-corrected chi connectivity index (χ0v) is 10.9. The van der Waals surface area contributed by atoms with Crippen molar-refractivity contribution in [2.75, 3.05) is 6.61 Å². The summed E-state index contributed by atoms with van der Waals surface area (Å²) in [5.74, 6) is 0.209. The number of amides is 1. The Balaban J connectivity index is 1.79. The van der Waals surface area contributed by atoms with E-state index in [9.17, 15) is 4.79 Å². The lowest BCUT2D eigenvalue weighted by Gasteiger charge is -2.08. The lowest BCUT2D eigenvalue weighted by molar-refractivity contribution is -0.119. The fourth-order valence-corrected chi connectivity index (χ4v) is 1.91. The first-order valence-corrected chi connectivity index (χ1v) is 6.21. The van der Waals surface area contributed by atoms with Crippen LogP contribution in [0.4, 0.5) is 0 Å². The molecule has 1 fully saturated rings. The first-order chi connectivity index (χ1) is 8.47. The van der Waals surface area contributed by atoms with Gasteiger partial charge in [-0.3, -0.25) is 4.79 Å². The van der Waals surface area contributed by atoms with Crippen LogP contribution in [0, 0.1) is 5.41 Å². The highest BCUT2D eigenvalue weighted by Gasteiger charge is 2.44. The van der Waals surface area contributed by atoms with E-state index in [1.54, 1.807) is 0 Å². The normalized spacial score (nSPS) is 20.4. The maximum absolute atomic E-state index is 10.6. The van der Waals surface area contributed by atoms with Crippen LogP contribution in [0.1, 0.15) is 25.8 Å². The summed E-state index contributed by atoms with van der Waals surface area (Å²) in [4.78, 5) is 10.6. The third-order valence-electron chi connectivity index (χ3n) is 3.37. The van der Waals surface area contributed by atoms with E-state index in [4.69, 9.17) is 10.5 Å². The van der Waals surface area contributed by atoms with Gasteiger partial charge in [-0.2, -0.15) is 0 Å². The molecule has 18 heavy (non-hydrogen) atoms. The zero-order chi connectivity index (χ0) is 13.2. The monoisotopic (exact) mass is 248 g/mol. The van der Waals surface area contributed by atoms with Crippen molar-refractivity contribution in [1.82, 2.24) is 5.32 Å².